The van der Waals surface area contributed by atoms with E-state index in [4.69, 9.17) is 13.6 Å². The van der Waals surface area contributed by atoms with Crippen molar-refractivity contribution in [3.63, 3.8) is 0 Å². The van der Waals surface area contributed by atoms with E-state index in [-0.39, 0.29) is 11.7 Å². The van der Waals surface area contributed by atoms with Crippen molar-refractivity contribution in [2.75, 3.05) is 0 Å². The Balaban J connectivity index is 1.73. The van der Waals surface area contributed by atoms with Gasteiger partial charge in [-0.2, -0.15) is 0 Å². The van der Waals surface area contributed by atoms with Gasteiger partial charge in [0.15, 0.2) is 6.10 Å². The second kappa shape index (κ2) is 5.85. The zero-order valence-corrected chi connectivity index (χ0v) is 12.1. The highest BCUT2D eigenvalue weighted by Crippen LogP contribution is 2.23. The molecule has 1 aromatic carbocycles. The zero-order chi connectivity index (χ0) is 15.5. The molecule has 22 heavy (non-hydrogen) atoms. The van der Waals surface area contributed by atoms with Gasteiger partial charge in [0.05, 0.1) is 6.26 Å². The number of nitrogens with zero attached hydrogens (tertiary/aromatic N) is 2. The molecule has 112 valence electrons. The summed E-state index contributed by atoms with van der Waals surface area (Å²) in [6.07, 6.45) is 0.744. The van der Waals surface area contributed by atoms with Crippen molar-refractivity contribution in [2.24, 2.45) is 0 Å². The summed E-state index contributed by atoms with van der Waals surface area (Å²) in [5, 5.41) is 7.90. The van der Waals surface area contributed by atoms with Gasteiger partial charge in [0.2, 0.25) is 11.7 Å². The number of aryl methyl sites for hydroxylation is 1. The summed E-state index contributed by atoms with van der Waals surface area (Å²) in [5.41, 5.74) is 1.96. The quantitative estimate of drug-likeness (QED) is 0.685. The Morgan fingerprint density at radius 3 is 2.64 bits per heavy atom. The highest BCUT2D eigenvalue weighted by atomic mass is 16.6. The first kappa shape index (κ1) is 14.1. The average molecular weight is 298 g/mol. The summed E-state index contributed by atoms with van der Waals surface area (Å²) < 4.78 is 15.8. The monoisotopic (exact) mass is 298 g/mol. The standard InChI is InChI=1S/C16H14N2O4/c1-10-5-7-12(8-6-10)15-18-17-14(22-15)11(2)21-16(19)13-4-3-9-20-13/h3-9,11H,1-2H3/t11-/m1/s1. The van der Waals surface area contributed by atoms with Crippen molar-refractivity contribution < 1.29 is 18.4 Å². The molecule has 0 aliphatic rings. The van der Waals surface area contributed by atoms with Gasteiger partial charge < -0.3 is 13.6 Å². The van der Waals surface area contributed by atoms with E-state index in [1.54, 1.807) is 13.0 Å². The molecule has 0 aliphatic carbocycles. The van der Waals surface area contributed by atoms with Gasteiger partial charge in [-0.1, -0.05) is 17.7 Å². The molecule has 6 heteroatoms. The van der Waals surface area contributed by atoms with Crippen molar-refractivity contribution in [3.05, 3.63) is 59.9 Å². The van der Waals surface area contributed by atoms with E-state index in [1.807, 2.05) is 31.2 Å². The number of benzene rings is 1. The fourth-order valence-corrected chi connectivity index (χ4v) is 1.88. The SMILES string of the molecule is Cc1ccc(-c2nnc([C@@H](C)OC(=O)c3ccco3)o2)cc1. The Morgan fingerprint density at radius 2 is 1.95 bits per heavy atom. The predicted octanol–water partition coefficient (Wildman–Crippen LogP) is 3.56. The highest BCUT2D eigenvalue weighted by molar-refractivity contribution is 5.86. The fraction of sp³-hybridized carbons (Fsp3) is 0.188. The lowest BCUT2D eigenvalue weighted by Gasteiger charge is -2.07. The lowest BCUT2D eigenvalue weighted by atomic mass is 10.1. The molecule has 2 heterocycles. The molecule has 0 bridgehead atoms. The third-order valence-corrected chi connectivity index (χ3v) is 3.09. The number of furan rings is 1. The van der Waals surface area contributed by atoms with Gasteiger partial charge >= 0.3 is 5.97 Å². The maximum Gasteiger partial charge on any atom is 0.374 e. The van der Waals surface area contributed by atoms with Crippen molar-refractivity contribution in [1.29, 1.82) is 0 Å². The number of hydrogen-bond donors (Lipinski definition) is 0. The van der Waals surface area contributed by atoms with E-state index in [0.29, 0.717) is 5.89 Å². The largest absolute Gasteiger partial charge is 0.457 e. The van der Waals surface area contributed by atoms with Crippen LogP contribution in [-0.4, -0.2) is 16.2 Å². The molecule has 6 nitrogen and oxygen atoms in total. The molecule has 0 aliphatic heterocycles. The molecule has 0 saturated carbocycles. The third-order valence-electron chi connectivity index (χ3n) is 3.09. The lowest BCUT2D eigenvalue weighted by molar-refractivity contribution is 0.0244. The van der Waals surface area contributed by atoms with Crippen molar-refractivity contribution in [3.8, 4) is 11.5 Å². The smallest absolute Gasteiger partial charge is 0.374 e. The minimum absolute atomic E-state index is 0.130. The Kier molecular flexibility index (Phi) is 3.74. The summed E-state index contributed by atoms with van der Waals surface area (Å²) in [4.78, 5) is 11.8. The predicted molar refractivity (Wildman–Crippen MR) is 77.0 cm³/mol. The van der Waals surface area contributed by atoms with E-state index in [1.165, 1.54) is 12.3 Å². The van der Waals surface area contributed by atoms with Crippen LogP contribution >= 0.6 is 0 Å². The second-order valence-corrected chi connectivity index (χ2v) is 4.84. The zero-order valence-electron chi connectivity index (χ0n) is 12.1. The molecular formula is C16H14N2O4. The molecule has 1 atom stereocenters. The van der Waals surface area contributed by atoms with Gasteiger partial charge in [-0.15, -0.1) is 10.2 Å². The minimum atomic E-state index is -0.663. The average Bonchev–Trinajstić information content (AvgIpc) is 3.20. The Morgan fingerprint density at radius 1 is 1.18 bits per heavy atom. The highest BCUT2D eigenvalue weighted by Gasteiger charge is 2.21. The number of carbonyl (C=O) groups excluding carboxylic acids is 1. The summed E-state index contributed by atoms with van der Waals surface area (Å²) >= 11 is 0. The van der Waals surface area contributed by atoms with Crippen LogP contribution in [0.4, 0.5) is 0 Å². The Hall–Kier alpha value is -2.89. The topological polar surface area (TPSA) is 78.4 Å². The molecule has 0 saturated heterocycles. The van der Waals surface area contributed by atoms with Crippen molar-refractivity contribution >= 4 is 5.97 Å². The first-order chi connectivity index (χ1) is 10.6. The van der Waals surface area contributed by atoms with Gasteiger partial charge in [-0.05, 0) is 38.1 Å². The van der Waals surface area contributed by atoms with Crippen LogP contribution in [0, 0.1) is 6.92 Å². The van der Waals surface area contributed by atoms with Crippen LogP contribution in [0.5, 0.6) is 0 Å². The summed E-state index contributed by atoms with van der Waals surface area (Å²) in [6, 6.07) is 10.8. The van der Waals surface area contributed by atoms with Crippen LogP contribution in [0.3, 0.4) is 0 Å². The molecule has 2 aromatic heterocycles. The molecule has 0 fully saturated rings. The number of carbonyl (C=O) groups is 1. The van der Waals surface area contributed by atoms with Crippen molar-refractivity contribution in [2.45, 2.75) is 20.0 Å². The van der Waals surface area contributed by atoms with Gasteiger partial charge in [0, 0.05) is 5.56 Å². The molecule has 0 N–H and O–H groups in total. The molecule has 3 aromatic rings. The van der Waals surface area contributed by atoms with Crippen molar-refractivity contribution in [1.82, 2.24) is 10.2 Å². The van der Waals surface area contributed by atoms with Gasteiger partial charge in [-0.25, -0.2) is 4.79 Å². The fourth-order valence-electron chi connectivity index (χ4n) is 1.88. The number of hydrogen-bond acceptors (Lipinski definition) is 6. The van der Waals surface area contributed by atoms with Gasteiger partial charge in [0.1, 0.15) is 0 Å². The van der Waals surface area contributed by atoms with Gasteiger partial charge in [0.25, 0.3) is 5.89 Å². The van der Waals surface area contributed by atoms with E-state index in [2.05, 4.69) is 10.2 Å². The van der Waals surface area contributed by atoms with E-state index in [9.17, 15) is 4.79 Å². The van der Waals surface area contributed by atoms with E-state index >= 15 is 0 Å². The number of esters is 1. The second-order valence-electron chi connectivity index (χ2n) is 4.84. The number of ether oxygens (including phenoxy) is 1. The first-order valence-corrected chi connectivity index (χ1v) is 6.78. The van der Waals surface area contributed by atoms with Crippen LogP contribution < -0.4 is 0 Å². The van der Waals surface area contributed by atoms with Crippen LogP contribution in [0.1, 0.15) is 35.0 Å². The van der Waals surface area contributed by atoms with Crippen LogP contribution in [0.15, 0.2) is 51.5 Å². The molecule has 0 unspecified atom stereocenters. The van der Waals surface area contributed by atoms with Crippen LogP contribution in [-0.2, 0) is 4.74 Å². The maximum atomic E-state index is 11.8. The molecule has 0 amide bonds. The number of rotatable bonds is 4. The Bertz CT molecular complexity index is 760. The third kappa shape index (κ3) is 2.90. The lowest BCUT2D eigenvalue weighted by Crippen LogP contribution is -2.08. The Labute approximate surface area is 126 Å². The summed E-state index contributed by atoms with van der Waals surface area (Å²) in [7, 11) is 0. The normalized spacial score (nSPS) is 12.1. The van der Waals surface area contributed by atoms with Crippen LogP contribution in [0.2, 0.25) is 0 Å². The first-order valence-electron chi connectivity index (χ1n) is 6.78. The molecule has 3 rings (SSSR count). The number of aromatic nitrogens is 2. The van der Waals surface area contributed by atoms with E-state index < -0.39 is 12.1 Å². The summed E-state index contributed by atoms with van der Waals surface area (Å²) in [6.45, 7) is 3.66. The van der Waals surface area contributed by atoms with Gasteiger partial charge in [-0.3, -0.25) is 0 Å². The summed E-state index contributed by atoms with van der Waals surface area (Å²) in [5.74, 6) is 0.170. The molecule has 0 radical (unpaired) electrons. The maximum absolute atomic E-state index is 11.8. The molecular weight excluding hydrogens is 284 g/mol. The van der Waals surface area contributed by atoms with Crippen LogP contribution in [0.25, 0.3) is 11.5 Å². The molecule has 0 spiro atoms. The van der Waals surface area contributed by atoms with E-state index in [0.717, 1.165) is 11.1 Å². The minimum Gasteiger partial charge on any atom is -0.457 e.